The molecule has 0 spiro atoms. The molecule has 1 heterocycles. The first kappa shape index (κ1) is 14.3. The summed E-state index contributed by atoms with van der Waals surface area (Å²) in [6.45, 7) is 2.43. The Labute approximate surface area is 124 Å². The number of rotatable bonds is 3. The van der Waals surface area contributed by atoms with Crippen molar-refractivity contribution >= 4 is 10.0 Å². The largest absolute Gasteiger partial charge is 0.358 e. The zero-order valence-electron chi connectivity index (χ0n) is 11.7. The van der Waals surface area contributed by atoms with Crippen LogP contribution < -0.4 is 4.72 Å². The lowest BCUT2D eigenvalue weighted by molar-refractivity contribution is 0.0348. The number of fused-ring (bicyclic) bond motifs is 1. The van der Waals surface area contributed by atoms with Gasteiger partial charge in [0.15, 0.2) is 0 Å². The summed E-state index contributed by atoms with van der Waals surface area (Å²) >= 11 is 0. The van der Waals surface area contributed by atoms with E-state index in [0.29, 0.717) is 6.61 Å². The molecular formula is C16H17NO3S. The summed E-state index contributed by atoms with van der Waals surface area (Å²) in [7, 11) is -3.59. The van der Waals surface area contributed by atoms with Crippen LogP contribution in [0.3, 0.4) is 0 Å². The van der Waals surface area contributed by atoms with Crippen molar-refractivity contribution in [3.05, 3.63) is 65.2 Å². The highest BCUT2D eigenvalue weighted by molar-refractivity contribution is 7.89. The van der Waals surface area contributed by atoms with Gasteiger partial charge < -0.3 is 4.74 Å². The highest BCUT2D eigenvalue weighted by Crippen LogP contribution is 2.26. The lowest BCUT2D eigenvalue weighted by Crippen LogP contribution is -2.33. The molecule has 0 aromatic heterocycles. The molecule has 0 saturated carbocycles. The molecule has 0 radical (unpaired) electrons. The molecule has 0 amide bonds. The first-order valence-electron chi connectivity index (χ1n) is 6.85. The van der Waals surface area contributed by atoms with Crippen molar-refractivity contribution in [2.24, 2.45) is 0 Å². The third kappa shape index (κ3) is 3.00. The maximum absolute atomic E-state index is 12.4. The van der Waals surface area contributed by atoms with Crippen molar-refractivity contribution in [1.29, 1.82) is 0 Å². The van der Waals surface area contributed by atoms with Crippen LogP contribution in [0.25, 0.3) is 0 Å². The number of sulfonamides is 1. The van der Waals surface area contributed by atoms with Crippen LogP contribution in [0.4, 0.5) is 0 Å². The summed E-state index contributed by atoms with van der Waals surface area (Å²) in [5, 5.41) is 0. The Morgan fingerprint density at radius 3 is 2.57 bits per heavy atom. The SMILES string of the molecule is Cc1ccc(S(=O)(=O)NC2OCCc3ccccc32)cc1. The van der Waals surface area contributed by atoms with Gasteiger partial charge in [0.05, 0.1) is 11.5 Å². The monoisotopic (exact) mass is 303 g/mol. The van der Waals surface area contributed by atoms with E-state index in [1.807, 2.05) is 31.2 Å². The number of hydrogen-bond donors (Lipinski definition) is 1. The van der Waals surface area contributed by atoms with Gasteiger partial charge in [-0.25, -0.2) is 8.42 Å². The fraction of sp³-hybridized carbons (Fsp3) is 0.250. The number of nitrogens with one attached hydrogen (secondary N) is 1. The zero-order chi connectivity index (χ0) is 14.9. The maximum Gasteiger partial charge on any atom is 0.242 e. The third-order valence-corrected chi connectivity index (χ3v) is 5.00. The molecule has 2 aromatic carbocycles. The number of ether oxygens (including phenoxy) is 1. The van der Waals surface area contributed by atoms with Gasteiger partial charge in [0, 0.05) is 0 Å². The second kappa shape index (κ2) is 5.60. The lowest BCUT2D eigenvalue weighted by Gasteiger charge is -2.26. The summed E-state index contributed by atoms with van der Waals surface area (Å²) in [6.07, 6.45) is 0.181. The Morgan fingerprint density at radius 1 is 1.10 bits per heavy atom. The molecule has 0 saturated heterocycles. The predicted octanol–water partition coefficient (Wildman–Crippen LogP) is 2.54. The van der Waals surface area contributed by atoms with Crippen molar-refractivity contribution in [2.75, 3.05) is 6.61 Å². The normalized spacial score (nSPS) is 18.2. The molecule has 2 aromatic rings. The van der Waals surface area contributed by atoms with Gasteiger partial charge in [0.25, 0.3) is 0 Å². The van der Waals surface area contributed by atoms with Crippen LogP contribution in [0.2, 0.25) is 0 Å². The van der Waals surface area contributed by atoms with Crippen molar-refractivity contribution < 1.29 is 13.2 Å². The van der Waals surface area contributed by atoms with E-state index in [9.17, 15) is 8.42 Å². The topological polar surface area (TPSA) is 55.4 Å². The molecule has 3 rings (SSSR count). The second-order valence-electron chi connectivity index (χ2n) is 5.13. The number of hydrogen-bond acceptors (Lipinski definition) is 3. The Bertz CT molecular complexity index is 738. The van der Waals surface area contributed by atoms with Gasteiger partial charge >= 0.3 is 0 Å². The van der Waals surface area contributed by atoms with Crippen LogP contribution in [0.1, 0.15) is 22.9 Å². The molecule has 110 valence electrons. The van der Waals surface area contributed by atoms with E-state index in [-0.39, 0.29) is 4.90 Å². The predicted molar refractivity (Wildman–Crippen MR) is 80.3 cm³/mol. The Hall–Kier alpha value is -1.69. The van der Waals surface area contributed by atoms with Gasteiger partial charge in [-0.15, -0.1) is 0 Å². The first-order chi connectivity index (χ1) is 10.1. The number of aryl methyl sites for hydroxylation is 1. The summed E-state index contributed by atoms with van der Waals surface area (Å²) in [5.74, 6) is 0. The van der Waals surface area contributed by atoms with Crippen LogP contribution >= 0.6 is 0 Å². The molecule has 4 nitrogen and oxygen atoms in total. The highest BCUT2D eigenvalue weighted by Gasteiger charge is 2.26. The van der Waals surface area contributed by atoms with Gasteiger partial charge in [-0.05, 0) is 36.6 Å². The lowest BCUT2D eigenvalue weighted by atomic mass is 10.0. The van der Waals surface area contributed by atoms with E-state index >= 15 is 0 Å². The molecule has 0 fully saturated rings. The van der Waals surface area contributed by atoms with Crippen molar-refractivity contribution in [3.63, 3.8) is 0 Å². The van der Waals surface area contributed by atoms with E-state index in [1.165, 1.54) is 0 Å². The zero-order valence-corrected chi connectivity index (χ0v) is 12.6. The molecule has 21 heavy (non-hydrogen) atoms. The van der Waals surface area contributed by atoms with Crippen molar-refractivity contribution in [3.8, 4) is 0 Å². The van der Waals surface area contributed by atoms with Crippen LogP contribution in [-0.4, -0.2) is 15.0 Å². The van der Waals surface area contributed by atoms with Crippen molar-refractivity contribution in [2.45, 2.75) is 24.5 Å². The van der Waals surface area contributed by atoms with Gasteiger partial charge in [0.1, 0.15) is 6.23 Å². The van der Waals surface area contributed by atoms with E-state index in [4.69, 9.17) is 4.74 Å². The van der Waals surface area contributed by atoms with Crippen LogP contribution in [0.5, 0.6) is 0 Å². The van der Waals surface area contributed by atoms with E-state index in [0.717, 1.165) is 23.1 Å². The summed E-state index contributed by atoms with van der Waals surface area (Å²) < 4.78 is 33.1. The average Bonchev–Trinajstić information content (AvgIpc) is 2.48. The van der Waals surface area contributed by atoms with E-state index in [2.05, 4.69) is 4.72 Å². The Balaban J connectivity index is 1.88. The van der Waals surface area contributed by atoms with Gasteiger partial charge in [-0.3, -0.25) is 0 Å². The molecule has 1 N–H and O–H groups in total. The smallest absolute Gasteiger partial charge is 0.242 e. The quantitative estimate of drug-likeness (QED) is 0.948. The highest BCUT2D eigenvalue weighted by atomic mass is 32.2. The summed E-state index contributed by atoms with van der Waals surface area (Å²) in [4.78, 5) is 0.250. The Kier molecular flexibility index (Phi) is 3.80. The molecule has 1 unspecified atom stereocenters. The summed E-state index contributed by atoms with van der Waals surface area (Å²) in [5.41, 5.74) is 3.04. The average molecular weight is 303 g/mol. The maximum atomic E-state index is 12.4. The molecular weight excluding hydrogens is 286 g/mol. The fourth-order valence-corrected chi connectivity index (χ4v) is 3.53. The van der Waals surface area contributed by atoms with Crippen molar-refractivity contribution in [1.82, 2.24) is 4.72 Å². The van der Waals surface area contributed by atoms with Gasteiger partial charge in [-0.1, -0.05) is 42.0 Å². The minimum absolute atomic E-state index is 0.250. The molecule has 1 atom stereocenters. The second-order valence-corrected chi connectivity index (χ2v) is 6.85. The molecule has 0 bridgehead atoms. The Morgan fingerprint density at radius 2 is 1.81 bits per heavy atom. The van der Waals surface area contributed by atoms with Gasteiger partial charge in [-0.2, -0.15) is 4.72 Å². The first-order valence-corrected chi connectivity index (χ1v) is 8.33. The molecule has 5 heteroatoms. The van der Waals surface area contributed by atoms with E-state index in [1.54, 1.807) is 24.3 Å². The minimum Gasteiger partial charge on any atom is -0.358 e. The molecule has 1 aliphatic heterocycles. The minimum atomic E-state index is -3.59. The standard InChI is InChI=1S/C16H17NO3S/c1-12-6-8-14(9-7-12)21(18,19)17-16-15-5-3-2-4-13(15)10-11-20-16/h2-9,16-17H,10-11H2,1H3. The fourth-order valence-electron chi connectivity index (χ4n) is 2.42. The van der Waals surface area contributed by atoms with Crippen LogP contribution in [0.15, 0.2) is 53.4 Å². The van der Waals surface area contributed by atoms with Crippen LogP contribution in [-0.2, 0) is 21.2 Å². The molecule has 1 aliphatic rings. The summed E-state index contributed by atoms with van der Waals surface area (Å²) in [6, 6.07) is 14.5. The molecule has 0 aliphatic carbocycles. The van der Waals surface area contributed by atoms with Gasteiger partial charge in [0.2, 0.25) is 10.0 Å². The third-order valence-electron chi connectivity index (χ3n) is 3.59. The number of benzene rings is 2. The van der Waals surface area contributed by atoms with Crippen LogP contribution in [0, 0.1) is 6.92 Å². The van der Waals surface area contributed by atoms with E-state index < -0.39 is 16.3 Å².